The molecule has 0 radical (unpaired) electrons. The number of aliphatic carboxylic acids is 1. The van der Waals surface area contributed by atoms with Gasteiger partial charge in [0.05, 0.1) is 10.5 Å². The van der Waals surface area contributed by atoms with Crippen LogP contribution in [0.3, 0.4) is 0 Å². The number of hydrogen-bond acceptors (Lipinski definition) is 3. The Bertz CT molecular complexity index is 1370. The number of aryl methyl sites for hydroxylation is 2. The number of aromatic amines is 1. The van der Waals surface area contributed by atoms with Gasteiger partial charge in [0.25, 0.3) is 0 Å². The second-order valence-electron chi connectivity index (χ2n) is 10.0. The summed E-state index contributed by atoms with van der Waals surface area (Å²) in [4.78, 5) is 42.1. The number of carbonyl (C=O) groups is 3. The van der Waals surface area contributed by atoms with Crippen LogP contribution < -0.4 is 10.6 Å². The lowest BCUT2D eigenvalue weighted by Crippen LogP contribution is -2.62. The first-order chi connectivity index (χ1) is 18.0. The highest BCUT2D eigenvalue weighted by Gasteiger charge is 2.45. The summed E-state index contributed by atoms with van der Waals surface area (Å²) >= 11 is 12.6. The van der Waals surface area contributed by atoms with Crippen LogP contribution in [0, 0.1) is 11.7 Å². The SMILES string of the molecule is CCC(C)C(NC(=O)CCc1ccc(F)cc1)C(=O)N[C@]1(C(=O)O)CCc2[nH]c3c(Cl)cc(Cl)cc3c2C1. The molecule has 0 spiro atoms. The van der Waals surface area contributed by atoms with Crippen molar-refractivity contribution in [3.8, 4) is 0 Å². The highest BCUT2D eigenvalue weighted by atomic mass is 35.5. The minimum Gasteiger partial charge on any atom is -0.479 e. The van der Waals surface area contributed by atoms with Crippen molar-refractivity contribution in [2.45, 2.75) is 64.0 Å². The molecule has 2 unspecified atom stereocenters. The number of rotatable bonds is 9. The largest absolute Gasteiger partial charge is 0.479 e. The van der Waals surface area contributed by atoms with Gasteiger partial charge >= 0.3 is 5.97 Å². The maximum atomic E-state index is 13.5. The lowest BCUT2D eigenvalue weighted by molar-refractivity contribution is -0.149. The summed E-state index contributed by atoms with van der Waals surface area (Å²) in [6, 6.07) is 8.33. The lowest BCUT2D eigenvalue weighted by atomic mass is 9.79. The highest BCUT2D eigenvalue weighted by molar-refractivity contribution is 6.38. The van der Waals surface area contributed by atoms with Crippen molar-refractivity contribution in [3.05, 3.63) is 69.1 Å². The Morgan fingerprint density at radius 1 is 1.18 bits per heavy atom. The van der Waals surface area contributed by atoms with E-state index in [1.54, 1.807) is 24.3 Å². The molecule has 0 saturated heterocycles. The zero-order valence-electron chi connectivity index (χ0n) is 21.2. The predicted octanol–water partition coefficient (Wildman–Crippen LogP) is 5.21. The van der Waals surface area contributed by atoms with Gasteiger partial charge < -0.3 is 20.7 Å². The van der Waals surface area contributed by atoms with Crippen LogP contribution in [0.1, 0.15) is 49.9 Å². The van der Waals surface area contributed by atoms with Crippen LogP contribution in [-0.2, 0) is 33.6 Å². The molecule has 2 amide bonds. The Labute approximate surface area is 230 Å². The summed E-state index contributed by atoms with van der Waals surface area (Å²) in [5, 5.41) is 17.5. The van der Waals surface area contributed by atoms with Crippen LogP contribution in [-0.4, -0.2) is 39.5 Å². The second-order valence-corrected chi connectivity index (χ2v) is 10.8. The van der Waals surface area contributed by atoms with Crippen molar-refractivity contribution in [1.29, 1.82) is 0 Å². The molecule has 38 heavy (non-hydrogen) atoms. The molecule has 1 aliphatic rings. The fourth-order valence-electron chi connectivity index (χ4n) is 4.98. The summed E-state index contributed by atoms with van der Waals surface area (Å²) in [7, 11) is 0. The van der Waals surface area contributed by atoms with Crippen molar-refractivity contribution >= 4 is 51.9 Å². The van der Waals surface area contributed by atoms with Gasteiger partial charge in [0.2, 0.25) is 11.8 Å². The number of amides is 2. The Balaban J connectivity index is 1.52. The molecule has 0 bridgehead atoms. The Morgan fingerprint density at radius 3 is 2.55 bits per heavy atom. The highest BCUT2D eigenvalue weighted by Crippen LogP contribution is 2.38. The number of benzene rings is 2. The smallest absolute Gasteiger partial charge is 0.329 e. The average molecular weight is 562 g/mol. The molecule has 2 aromatic carbocycles. The Kier molecular flexibility index (Phi) is 8.33. The fourth-order valence-corrected chi connectivity index (χ4v) is 5.52. The van der Waals surface area contributed by atoms with Gasteiger partial charge in [-0.2, -0.15) is 0 Å². The van der Waals surface area contributed by atoms with E-state index in [1.165, 1.54) is 12.1 Å². The average Bonchev–Trinajstić information content (AvgIpc) is 3.24. The van der Waals surface area contributed by atoms with Crippen LogP contribution in [0.25, 0.3) is 10.9 Å². The van der Waals surface area contributed by atoms with Crippen molar-refractivity contribution in [2.24, 2.45) is 5.92 Å². The monoisotopic (exact) mass is 561 g/mol. The van der Waals surface area contributed by atoms with Crippen molar-refractivity contribution in [2.75, 3.05) is 0 Å². The summed E-state index contributed by atoms with van der Waals surface area (Å²) in [6.07, 6.45) is 1.70. The van der Waals surface area contributed by atoms with Crippen molar-refractivity contribution < 1.29 is 23.9 Å². The van der Waals surface area contributed by atoms with Gasteiger partial charge in [0.1, 0.15) is 17.4 Å². The molecule has 4 rings (SSSR count). The number of nitrogens with one attached hydrogen (secondary N) is 3. The number of hydrogen-bond donors (Lipinski definition) is 4. The predicted molar refractivity (Wildman–Crippen MR) is 145 cm³/mol. The summed E-state index contributed by atoms with van der Waals surface area (Å²) in [6.45, 7) is 3.73. The van der Waals surface area contributed by atoms with E-state index in [0.29, 0.717) is 34.8 Å². The zero-order valence-corrected chi connectivity index (χ0v) is 22.7. The fraction of sp³-hybridized carbons (Fsp3) is 0.393. The van der Waals surface area contributed by atoms with Gasteiger partial charge in [0, 0.05) is 28.9 Å². The first kappa shape index (κ1) is 27.9. The van der Waals surface area contributed by atoms with E-state index >= 15 is 0 Å². The molecule has 4 N–H and O–H groups in total. The van der Waals surface area contributed by atoms with Crippen molar-refractivity contribution in [1.82, 2.24) is 15.6 Å². The van der Waals surface area contributed by atoms with E-state index in [4.69, 9.17) is 23.2 Å². The number of halogens is 3. The first-order valence-corrected chi connectivity index (χ1v) is 13.4. The van der Waals surface area contributed by atoms with Gasteiger partial charge in [-0.15, -0.1) is 0 Å². The molecular formula is C28H30Cl2FN3O4. The minimum atomic E-state index is -1.56. The van der Waals surface area contributed by atoms with E-state index < -0.39 is 23.5 Å². The van der Waals surface area contributed by atoms with E-state index in [9.17, 15) is 23.9 Å². The van der Waals surface area contributed by atoms with Gasteiger partial charge in [-0.25, -0.2) is 9.18 Å². The zero-order chi connectivity index (χ0) is 27.6. The third-order valence-electron chi connectivity index (χ3n) is 7.44. The summed E-state index contributed by atoms with van der Waals surface area (Å²) < 4.78 is 13.2. The third-order valence-corrected chi connectivity index (χ3v) is 7.95. The Hall–Kier alpha value is -3.10. The Morgan fingerprint density at radius 2 is 1.89 bits per heavy atom. The molecule has 3 aromatic rings. The van der Waals surface area contributed by atoms with Crippen LogP contribution in [0.4, 0.5) is 4.39 Å². The summed E-state index contributed by atoms with van der Waals surface area (Å²) in [5.41, 5.74) is 1.54. The number of carboxylic acids is 1. The molecule has 10 heteroatoms. The third kappa shape index (κ3) is 5.81. The quantitative estimate of drug-likeness (QED) is 0.287. The molecule has 1 heterocycles. The van der Waals surface area contributed by atoms with Crippen LogP contribution >= 0.6 is 23.2 Å². The van der Waals surface area contributed by atoms with E-state index in [0.717, 1.165) is 22.2 Å². The molecular weight excluding hydrogens is 532 g/mol. The maximum Gasteiger partial charge on any atom is 0.329 e. The molecule has 202 valence electrons. The van der Waals surface area contributed by atoms with E-state index in [1.807, 2.05) is 13.8 Å². The topological polar surface area (TPSA) is 111 Å². The van der Waals surface area contributed by atoms with E-state index in [-0.39, 0.29) is 36.9 Å². The second kappa shape index (κ2) is 11.3. The summed E-state index contributed by atoms with van der Waals surface area (Å²) in [5.74, 6) is -2.63. The number of H-pyrrole nitrogens is 1. The molecule has 0 aliphatic heterocycles. The number of aromatic nitrogens is 1. The van der Waals surface area contributed by atoms with Gasteiger partial charge in [-0.3, -0.25) is 9.59 Å². The van der Waals surface area contributed by atoms with Crippen LogP contribution in [0.5, 0.6) is 0 Å². The number of fused-ring (bicyclic) bond motifs is 3. The molecule has 1 aromatic heterocycles. The molecule has 0 saturated carbocycles. The maximum absolute atomic E-state index is 13.5. The van der Waals surface area contributed by atoms with Crippen LogP contribution in [0.2, 0.25) is 10.0 Å². The van der Waals surface area contributed by atoms with Gasteiger partial charge in [-0.1, -0.05) is 55.6 Å². The van der Waals surface area contributed by atoms with Gasteiger partial charge in [-0.05, 0) is 60.6 Å². The first-order valence-electron chi connectivity index (χ1n) is 12.6. The molecule has 1 aliphatic carbocycles. The normalized spacial score (nSPS) is 18.4. The molecule has 7 nitrogen and oxygen atoms in total. The van der Waals surface area contributed by atoms with Crippen molar-refractivity contribution in [3.63, 3.8) is 0 Å². The van der Waals surface area contributed by atoms with E-state index in [2.05, 4.69) is 15.6 Å². The number of carbonyl (C=O) groups excluding carboxylic acids is 2. The standard InChI is InChI=1S/C28H30Cl2FN3O4/c1-3-15(2)24(33-23(35)9-6-16-4-7-18(31)8-5-16)26(36)34-28(27(37)38)11-10-22-20(14-28)19-12-17(29)13-21(30)25(19)32-22/h4-5,7-8,12-13,15,24,32H,3,6,9-11,14H2,1-2H3,(H,33,35)(H,34,36)(H,37,38)/t15?,24?,28-/m1/s1. The lowest BCUT2D eigenvalue weighted by Gasteiger charge is -2.36. The molecule has 0 fully saturated rings. The van der Waals surface area contributed by atoms with Crippen LogP contribution in [0.15, 0.2) is 36.4 Å². The number of carboxylic acid groups (broad SMARTS) is 1. The molecule has 3 atom stereocenters. The van der Waals surface area contributed by atoms with Gasteiger partial charge in [0.15, 0.2) is 0 Å². The minimum absolute atomic E-state index is 0.0474.